The maximum atomic E-state index is 12.2. The molecule has 2 fully saturated rings. The molecule has 1 saturated carbocycles. The number of ether oxygens (including phenoxy) is 1. The molecule has 0 bridgehead atoms. The van der Waals surface area contributed by atoms with Crippen LogP contribution in [0.4, 0.5) is 0 Å². The highest BCUT2D eigenvalue weighted by Crippen LogP contribution is 2.33. The van der Waals surface area contributed by atoms with Gasteiger partial charge < -0.3 is 15.4 Å². The molecule has 5 nitrogen and oxygen atoms in total. The number of hydrogen-bond acceptors (Lipinski definition) is 4. The lowest BCUT2D eigenvalue weighted by Crippen LogP contribution is -2.44. The second-order valence-electron chi connectivity index (χ2n) is 6.19. The maximum absolute atomic E-state index is 12.2. The molecule has 2 heterocycles. The molecule has 1 aliphatic heterocycles. The van der Waals surface area contributed by atoms with Crippen LogP contribution in [0.2, 0.25) is 10.0 Å². The zero-order valence-electron chi connectivity index (χ0n) is 13.7. The van der Waals surface area contributed by atoms with Crippen LogP contribution in [0, 0.1) is 5.92 Å². The van der Waals surface area contributed by atoms with Crippen LogP contribution in [0.5, 0.6) is 5.88 Å². The summed E-state index contributed by atoms with van der Waals surface area (Å²) in [5, 5.41) is 7.21. The Morgan fingerprint density at radius 2 is 2.08 bits per heavy atom. The van der Waals surface area contributed by atoms with Gasteiger partial charge in [-0.25, -0.2) is 4.98 Å². The smallest absolute Gasteiger partial charge is 0.237 e. The highest BCUT2D eigenvalue weighted by Gasteiger charge is 2.37. The molecule has 1 aromatic heterocycles. The van der Waals surface area contributed by atoms with E-state index in [9.17, 15) is 4.79 Å². The number of carbonyl (C=O) groups is 1. The minimum Gasteiger partial charge on any atom is -0.475 e. The molecular weight excluding hydrogens is 408 g/mol. The number of aromatic nitrogens is 1. The fourth-order valence-corrected chi connectivity index (χ4v) is 3.91. The first-order valence-electron chi connectivity index (χ1n) is 8.11. The Labute approximate surface area is 170 Å². The zero-order chi connectivity index (χ0) is 16.2. The van der Waals surface area contributed by atoms with E-state index < -0.39 is 0 Å². The largest absolute Gasteiger partial charge is 0.475 e. The maximum Gasteiger partial charge on any atom is 0.237 e. The van der Waals surface area contributed by atoms with E-state index in [1.807, 2.05) is 0 Å². The predicted octanol–water partition coefficient (Wildman–Crippen LogP) is 3.65. The van der Waals surface area contributed by atoms with E-state index in [0.717, 1.165) is 6.42 Å². The zero-order valence-corrected chi connectivity index (χ0v) is 16.8. The second kappa shape index (κ2) is 10.6. The number of carbonyl (C=O) groups excluding carboxylic acids is 1. The molecule has 1 amide bonds. The minimum absolute atomic E-state index is 0. The molecule has 142 valence electrons. The van der Waals surface area contributed by atoms with Crippen LogP contribution in [0.1, 0.15) is 32.1 Å². The first kappa shape index (κ1) is 22.6. The molecule has 0 radical (unpaired) electrons. The number of hydrogen-bond donors (Lipinski definition) is 2. The van der Waals surface area contributed by atoms with Crippen molar-refractivity contribution in [3.05, 3.63) is 22.3 Å². The quantitative estimate of drug-likeness (QED) is 0.699. The molecule has 9 heteroatoms. The number of fused-ring (bicyclic) bond motifs is 1. The van der Waals surface area contributed by atoms with Crippen LogP contribution in [0.25, 0.3) is 0 Å². The van der Waals surface area contributed by atoms with Crippen molar-refractivity contribution in [3.63, 3.8) is 0 Å². The highest BCUT2D eigenvalue weighted by atomic mass is 35.5. The van der Waals surface area contributed by atoms with Gasteiger partial charge in [-0.2, -0.15) is 0 Å². The van der Waals surface area contributed by atoms with Gasteiger partial charge >= 0.3 is 0 Å². The lowest BCUT2D eigenvalue weighted by molar-refractivity contribution is -0.123. The molecule has 3 atom stereocenters. The normalized spacial score (nSPS) is 24.5. The first-order valence-corrected chi connectivity index (χ1v) is 8.86. The van der Waals surface area contributed by atoms with Crippen molar-refractivity contribution in [1.82, 2.24) is 15.6 Å². The summed E-state index contributed by atoms with van der Waals surface area (Å²) in [5.41, 5.74) is 0. The Morgan fingerprint density at radius 3 is 2.80 bits per heavy atom. The third kappa shape index (κ3) is 6.04. The van der Waals surface area contributed by atoms with Gasteiger partial charge in [0.1, 0.15) is 11.6 Å². The Kier molecular flexibility index (Phi) is 9.60. The molecule has 2 aliphatic rings. The van der Waals surface area contributed by atoms with Crippen molar-refractivity contribution in [2.75, 3.05) is 13.2 Å². The van der Waals surface area contributed by atoms with E-state index in [1.54, 1.807) is 6.07 Å². The van der Waals surface area contributed by atoms with E-state index in [-0.39, 0.29) is 36.8 Å². The predicted molar refractivity (Wildman–Crippen MR) is 105 cm³/mol. The van der Waals surface area contributed by atoms with Crippen LogP contribution in [-0.4, -0.2) is 36.1 Å². The summed E-state index contributed by atoms with van der Waals surface area (Å²) in [7, 11) is 0. The third-order valence-corrected chi connectivity index (χ3v) is 5.07. The topological polar surface area (TPSA) is 63.2 Å². The summed E-state index contributed by atoms with van der Waals surface area (Å²) in [4.78, 5) is 16.2. The standard InChI is InChI=1S/C16H21Cl2N3O2.2ClH/c17-11-8-12(18)16(20-9-11)23-6-5-19-15(22)14-7-10-3-1-2-4-13(10)21-14;;/h8-10,13-14,21H,1-7H2,(H,19,22);2*1H. The molecule has 1 aromatic rings. The summed E-state index contributed by atoms with van der Waals surface area (Å²) < 4.78 is 5.46. The fourth-order valence-electron chi connectivity index (χ4n) is 3.47. The number of nitrogens with zero attached hydrogens (tertiary/aromatic N) is 1. The van der Waals surface area contributed by atoms with E-state index in [2.05, 4.69) is 15.6 Å². The summed E-state index contributed by atoms with van der Waals surface area (Å²) in [6.07, 6.45) is 7.42. The van der Waals surface area contributed by atoms with Crippen LogP contribution >= 0.6 is 48.0 Å². The SMILES string of the molecule is Cl.Cl.O=C(NCCOc1ncc(Cl)cc1Cl)C1CC2CCCCC2N1. The highest BCUT2D eigenvalue weighted by molar-refractivity contribution is 6.35. The van der Waals surface area contributed by atoms with Crippen molar-refractivity contribution in [1.29, 1.82) is 0 Å². The number of halogens is 4. The van der Waals surface area contributed by atoms with Crippen molar-refractivity contribution in [3.8, 4) is 5.88 Å². The average Bonchev–Trinajstić information content (AvgIpc) is 2.97. The molecule has 0 aromatic carbocycles. The van der Waals surface area contributed by atoms with Gasteiger partial charge in [-0.15, -0.1) is 24.8 Å². The van der Waals surface area contributed by atoms with Crippen LogP contribution in [0.3, 0.4) is 0 Å². The summed E-state index contributed by atoms with van der Waals surface area (Å²) in [5.74, 6) is 1.04. The van der Waals surface area contributed by atoms with Gasteiger partial charge in [0.15, 0.2) is 0 Å². The molecule has 1 aliphatic carbocycles. The summed E-state index contributed by atoms with van der Waals surface area (Å²) in [6.45, 7) is 0.743. The summed E-state index contributed by atoms with van der Waals surface area (Å²) >= 11 is 11.8. The second-order valence-corrected chi connectivity index (χ2v) is 7.03. The van der Waals surface area contributed by atoms with Crippen molar-refractivity contribution in [2.45, 2.75) is 44.2 Å². The van der Waals surface area contributed by atoms with Crippen LogP contribution in [0.15, 0.2) is 12.3 Å². The minimum atomic E-state index is -0.0691. The number of pyridine rings is 1. The lowest BCUT2D eigenvalue weighted by atomic mass is 9.85. The average molecular weight is 431 g/mol. The van der Waals surface area contributed by atoms with Gasteiger partial charge in [-0.05, 0) is 31.2 Å². The Hall–Kier alpha value is -0.460. The lowest BCUT2D eigenvalue weighted by Gasteiger charge is -2.24. The third-order valence-electron chi connectivity index (χ3n) is 4.59. The van der Waals surface area contributed by atoms with Gasteiger partial charge in [0.2, 0.25) is 11.8 Å². The van der Waals surface area contributed by atoms with E-state index in [4.69, 9.17) is 27.9 Å². The summed E-state index contributed by atoms with van der Waals surface area (Å²) in [6, 6.07) is 2.03. The number of nitrogens with one attached hydrogen (secondary N) is 2. The van der Waals surface area contributed by atoms with Gasteiger partial charge in [0.25, 0.3) is 0 Å². The molecule has 0 spiro atoms. The van der Waals surface area contributed by atoms with E-state index in [0.29, 0.717) is 41.0 Å². The first-order chi connectivity index (χ1) is 11.1. The number of rotatable bonds is 5. The number of amides is 1. The Balaban J connectivity index is 0.00000156. The molecule has 2 N–H and O–H groups in total. The van der Waals surface area contributed by atoms with E-state index in [1.165, 1.54) is 31.9 Å². The Bertz CT molecular complexity index is 562. The van der Waals surface area contributed by atoms with E-state index >= 15 is 0 Å². The van der Waals surface area contributed by atoms with Gasteiger partial charge in [-0.3, -0.25) is 4.79 Å². The van der Waals surface area contributed by atoms with Crippen LogP contribution in [-0.2, 0) is 4.79 Å². The molecule has 1 saturated heterocycles. The monoisotopic (exact) mass is 429 g/mol. The van der Waals surface area contributed by atoms with Crippen molar-refractivity contribution in [2.24, 2.45) is 5.92 Å². The van der Waals surface area contributed by atoms with Gasteiger partial charge in [-0.1, -0.05) is 36.0 Å². The molecule has 3 unspecified atom stereocenters. The molecule has 3 rings (SSSR count). The van der Waals surface area contributed by atoms with Crippen molar-refractivity contribution >= 4 is 53.9 Å². The van der Waals surface area contributed by atoms with Gasteiger partial charge in [0, 0.05) is 12.2 Å². The molecule has 25 heavy (non-hydrogen) atoms. The molecular formula is C16H23Cl4N3O2. The van der Waals surface area contributed by atoms with Gasteiger partial charge in [0.05, 0.1) is 17.6 Å². The van der Waals surface area contributed by atoms with Crippen molar-refractivity contribution < 1.29 is 9.53 Å². The Morgan fingerprint density at radius 1 is 1.32 bits per heavy atom. The van der Waals surface area contributed by atoms with Crippen LogP contribution < -0.4 is 15.4 Å². The fraction of sp³-hybridized carbons (Fsp3) is 0.625.